The normalized spacial score (nSPS) is 13.3. The molecule has 1 N–H and O–H groups in total. The Kier molecular flexibility index (Phi) is 2.88. The van der Waals surface area contributed by atoms with Crippen LogP contribution in [-0.2, 0) is 4.74 Å². The first-order valence-corrected chi connectivity index (χ1v) is 5.59. The van der Waals surface area contributed by atoms with E-state index in [9.17, 15) is 0 Å². The predicted molar refractivity (Wildman–Crippen MR) is 60.6 cm³/mol. The third kappa shape index (κ3) is 2.27. The zero-order valence-corrected chi connectivity index (χ0v) is 9.84. The van der Waals surface area contributed by atoms with E-state index in [1.807, 2.05) is 13.1 Å². The molecule has 0 saturated heterocycles. The van der Waals surface area contributed by atoms with E-state index in [0.717, 1.165) is 15.8 Å². The minimum absolute atomic E-state index is 0.256. The standard InChI is InChI=1S/C9H14N4OS/c1-6-4-13-9(11-6)15-8(12-13)10-7(2)5-14-3/h4,7H,5H2,1-3H3,(H,10,12). The van der Waals surface area contributed by atoms with Gasteiger partial charge in [-0.15, -0.1) is 5.10 Å². The monoisotopic (exact) mass is 226 g/mol. The van der Waals surface area contributed by atoms with Gasteiger partial charge in [-0.1, -0.05) is 11.3 Å². The van der Waals surface area contributed by atoms with Crippen LogP contribution in [0.15, 0.2) is 6.20 Å². The molecule has 0 spiro atoms. The molecule has 2 heterocycles. The quantitative estimate of drug-likeness (QED) is 0.859. The van der Waals surface area contributed by atoms with E-state index in [4.69, 9.17) is 4.74 Å². The second-order valence-corrected chi connectivity index (χ2v) is 4.47. The van der Waals surface area contributed by atoms with Crippen LogP contribution in [0.4, 0.5) is 5.13 Å². The molecular formula is C9H14N4OS. The highest BCUT2D eigenvalue weighted by Crippen LogP contribution is 2.19. The number of hydrogen-bond acceptors (Lipinski definition) is 5. The lowest BCUT2D eigenvalue weighted by Crippen LogP contribution is -2.20. The van der Waals surface area contributed by atoms with Crippen molar-refractivity contribution in [3.8, 4) is 0 Å². The Morgan fingerprint density at radius 2 is 2.47 bits per heavy atom. The van der Waals surface area contributed by atoms with Gasteiger partial charge in [-0.3, -0.25) is 0 Å². The van der Waals surface area contributed by atoms with Gasteiger partial charge in [0.2, 0.25) is 10.1 Å². The van der Waals surface area contributed by atoms with Crippen LogP contribution in [0.2, 0.25) is 0 Å². The van der Waals surface area contributed by atoms with Crippen LogP contribution in [0.25, 0.3) is 4.96 Å². The number of aryl methyl sites for hydroxylation is 1. The Hall–Kier alpha value is -1.14. The van der Waals surface area contributed by atoms with Crippen molar-refractivity contribution < 1.29 is 4.74 Å². The summed E-state index contributed by atoms with van der Waals surface area (Å²) in [4.78, 5) is 5.25. The molecule has 6 heteroatoms. The van der Waals surface area contributed by atoms with Crippen molar-refractivity contribution in [3.63, 3.8) is 0 Å². The first-order chi connectivity index (χ1) is 7.19. The van der Waals surface area contributed by atoms with Gasteiger partial charge in [0.1, 0.15) is 0 Å². The van der Waals surface area contributed by atoms with Crippen molar-refractivity contribution in [2.75, 3.05) is 19.0 Å². The van der Waals surface area contributed by atoms with Gasteiger partial charge < -0.3 is 10.1 Å². The summed E-state index contributed by atoms with van der Waals surface area (Å²) in [5.74, 6) is 0. The summed E-state index contributed by atoms with van der Waals surface area (Å²) in [5, 5.41) is 8.50. The minimum atomic E-state index is 0.256. The van der Waals surface area contributed by atoms with Gasteiger partial charge >= 0.3 is 0 Å². The molecule has 0 radical (unpaired) electrons. The van der Waals surface area contributed by atoms with Crippen LogP contribution >= 0.6 is 11.3 Å². The zero-order chi connectivity index (χ0) is 10.8. The van der Waals surface area contributed by atoms with E-state index in [-0.39, 0.29) is 6.04 Å². The maximum Gasteiger partial charge on any atom is 0.214 e. The van der Waals surface area contributed by atoms with Crippen molar-refractivity contribution in [2.24, 2.45) is 0 Å². The maximum atomic E-state index is 5.04. The largest absolute Gasteiger partial charge is 0.383 e. The Bertz CT molecular complexity index is 418. The van der Waals surface area contributed by atoms with E-state index >= 15 is 0 Å². The molecule has 1 unspecified atom stereocenters. The number of imidazole rings is 1. The number of anilines is 1. The minimum Gasteiger partial charge on any atom is -0.383 e. The first kappa shape index (κ1) is 10.4. The van der Waals surface area contributed by atoms with Crippen molar-refractivity contribution in [1.82, 2.24) is 14.6 Å². The third-order valence-electron chi connectivity index (χ3n) is 1.95. The molecule has 2 rings (SSSR count). The molecule has 0 aliphatic rings. The SMILES string of the molecule is COCC(C)Nc1nn2cc(C)nc2s1. The summed E-state index contributed by atoms with van der Waals surface area (Å²) in [7, 11) is 1.69. The number of methoxy groups -OCH3 is 1. The lowest BCUT2D eigenvalue weighted by atomic mass is 10.4. The van der Waals surface area contributed by atoms with Crippen LogP contribution in [0.1, 0.15) is 12.6 Å². The highest BCUT2D eigenvalue weighted by molar-refractivity contribution is 7.20. The highest BCUT2D eigenvalue weighted by Gasteiger charge is 2.08. The van der Waals surface area contributed by atoms with Crippen LogP contribution in [0.5, 0.6) is 0 Å². The number of fused-ring (bicyclic) bond motifs is 1. The van der Waals surface area contributed by atoms with Crippen LogP contribution in [0.3, 0.4) is 0 Å². The number of aromatic nitrogens is 3. The van der Waals surface area contributed by atoms with Gasteiger partial charge in [0, 0.05) is 13.2 Å². The predicted octanol–water partition coefficient (Wildman–Crippen LogP) is 1.55. The zero-order valence-electron chi connectivity index (χ0n) is 9.02. The fourth-order valence-electron chi connectivity index (χ4n) is 1.37. The fraction of sp³-hybridized carbons (Fsp3) is 0.556. The Morgan fingerprint density at radius 1 is 1.67 bits per heavy atom. The van der Waals surface area contributed by atoms with Gasteiger partial charge in [-0.05, 0) is 13.8 Å². The summed E-state index contributed by atoms with van der Waals surface area (Å²) in [5.41, 5.74) is 0.991. The molecule has 82 valence electrons. The summed E-state index contributed by atoms with van der Waals surface area (Å²) in [6.07, 6.45) is 1.91. The topological polar surface area (TPSA) is 51.5 Å². The molecule has 15 heavy (non-hydrogen) atoms. The van der Waals surface area contributed by atoms with Crippen LogP contribution in [0, 0.1) is 6.92 Å². The number of ether oxygens (including phenoxy) is 1. The fourth-order valence-corrected chi connectivity index (χ4v) is 2.31. The molecule has 5 nitrogen and oxygen atoms in total. The summed E-state index contributed by atoms with van der Waals surface area (Å²) in [6, 6.07) is 0.256. The Morgan fingerprint density at radius 3 is 3.13 bits per heavy atom. The lowest BCUT2D eigenvalue weighted by molar-refractivity contribution is 0.190. The first-order valence-electron chi connectivity index (χ1n) is 4.77. The molecule has 0 aliphatic carbocycles. The molecule has 0 aliphatic heterocycles. The van der Waals surface area contributed by atoms with Crippen molar-refractivity contribution in [2.45, 2.75) is 19.9 Å². The Labute approximate surface area is 92.1 Å². The average molecular weight is 226 g/mol. The molecule has 1 atom stereocenters. The van der Waals surface area contributed by atoms with Crippen molar-refractivity contribution >= 4 is 21.4 Å². The average Bonchev–Trinajstić information content (AvgIpc) is 2.60. The Balaban J connectivity index is 2.11. The molecule has 0 fully saturated rings. The van der Waals surface area contributed by atoms with Gasteiger partial charge in [-0.2, -0.15) is 0 Å². The summed E-state index contributed by atoms with van der Waals surface area (Å²) >= 11 is 1.55. The summed E-state index contributed by atoms with van der Waals surface area (Å²) in [6.45, 7) is 4.68. The molecule has 0 aromatic carbocycles. The van der Waals surface area contributed by atoms with E-state index < -0.39 is 0 Å². The third-order valence-corrected chi connectivity index (χ3v) is 2.80. The summed E-state index contributed by atoms with van der Waals surface area (Å²) < 4.78 is 6.84. The van der Waals surface area contributed by atoms with E-state index in [1.54, 1.807) is 23.0 Å². The van der Waals surface area contributed by atoms with Crippen LogP contribution in [-0.4, -0.2) is 34.4 Å². The second-order valence-electron chi connectivity index (χ2n) is 3.52. The molecule has 0 bridgehead atoms. The van der Waals surface area contributed by atoms with Crippen molar-refractivity contribution in [3.05, 3.63) is 11.9 Å². The molecular weight excluding hydrogens is 212 g/mol. The van der Waals surface area contributed by atoms with Gasteiger partial charge in [0.05, 0.1) is 18.5 Å². The second kappa shape index (κ2) is 4.16. The highest BCUT2D eigenvalue weighted by atomic mass is 32.1. The number of hydrogen-bond donors (Lipinski definition) is 1. The molecule has 0 amide bonds. The molecule has 2 aromatic heterocycles. The number of rotatable bonds is 4. The van der Waals surface area contributed by atoms with Crippen LogP contribution < -0.4 is 5.32 Å². The number of nitrogens with zero attached hydrogens (tertiary/aromatic N) is 3. The number of nitrogens with one attached hydrogen (secondary N) is 1. The van der Waals surface area contributed by atoms with Crippen molar-refractivity contribution in [1.29, 1.82) is 0 Å². The molecule has 0 saturated carbocycles. The van der Waals surface area contributed by atoms with Gasteiger partial charge in [-0.25, -0.2) is 9.50 Å². The van der Waals surface area contributed by atoms with E-state index in [1.165, 1.54) is 0 Å². The maximum absolute atomic E-state index is 5.04. The molecule has 2 aromatic rings. The van der Waals surface area contributed by atoms with Gasteiger partial charge in [0.25, 0.3) is 0 Å². The smallest absolute Gasteiger partial charge is 0.214 e. The van der Waals surface area contributed by atoms with E-state index in [0.29, 0.717) is 6.61 Å². The van der Waals surface area contributed by atoms with E-state index in [2.05, 4.69) is 22.3 Å². The lowest BCUT2D eigenvalue weighted by Gasteiger charge is -2.10. The van der Waals surface area contributed by atoms with Gasteiger partial charge in [0.15, 0.2) is 0 Å².